The molecule has 1 aliphatic rings. The SMILES string of the molecule is FC(F)(F)c1ccccc1NCC1CCC1. The normalized spacial score (nSPS) is 16.9. The molecule has 0 unspecified atom stereocenters. The van der Waals surface area contributed by atoms with Crippen molar-refractivity contribution in [3.8, 4) is 0 Å². The van der Waals surface area contributed by atoms with E-state index >= 15 is 0 Å². The molecular weight excluding hydrogens is 215 g/mol. The maximum Gasteiger partial charge on any atom is 0.418 e. The van der Waals surface area contributed by atoms with Gasteiger partial charge in [-0.1, -0.05) is 18.6 Å². The summed E-state index contributed by atoms with van der Waals surface area (Å²) >= 11 is 0. The molecule has 0 atom stereocenters. The average Bonchev–Trinajstić information content (AvgIpc) is 2.14. The number of alkyl halides is 3. The molecule has 4 heteroatoms. The predicted octanol–water partition coefficient (Wildman–Crippen LogP) is 3.92. The Morgan fingerprint density at radius 3 is 2.44 bits per heavy atom. The van der Waals surface area contributed by atoms with Crippen molar-refractivity contribution in [1.82, 2.24) is 0 Å². The van der Waals surface area contributed by atoms with E-state index in [2.05, 4.69) is 5.32 Å². The molecule has 88 valence electrons. The first-order valence-electron chi connectivity index (χ1n) is 5.47. The van der Waals surface area contributed by atoms with E-state index in [1.165, 1.54) is 18.6 Å². The number of benzene rings is 1. The van der Waals surface area contributed by atoms with Gasteiger partial charge in [0.1, 0.15) is 0 Å². The fourth-order valence-electron chi connectivity index (χ4n) is 1.84. The zero-order valence-electron chi connectivity index (χ0n) is 8.85. The van der Waals surface area contributed by atoms with Gasteiger partial charge in [-0.3, -0.25) is 0 Å². The van der Waals surface area contributed by atoms with Crippen molar-refractivity contribution in [2.75, 3.05) is 11.9 Å². The van der Waals surface area contributed by atoms with Crippen molar-refractivity contribution in [1.29, 1.82) is 0 Å². The molecule has 0 aliphatic heterocycles. The van der Waals surface area contributed by atoms with E-state index in [-0.39, 0.29) is 5.69 Å². The number of hydrogen-bond donors (Lipinski definition) is 1. The standard InChI is InChI=1S/C12H14F3N/c13-12(14,15)10-6-1-2-7-11(10)16-8-9-4-3-5-9/h1-2,6-7,9,16H,3-5,8H2. The fraction of sp³-hybridized carbons (Fsp3) is 0.500. The Hall–Kier alpha value is -1.19. The van der Waals surface area contributed by atoms with Crippen LogP contribution < -0.4 is 5.32 Å². The van der Waals surface area contributed by atoms with Crippen LogP contribution in [0.5, 0.6) is 0 Å². The van der Waals surface area contributed by atoms with E-state index in [9.17, 15) is 13.2 Å². The van der Waals surface area contributed by atoms with Gasteiger partial charge >= 0.3 is 6.18 Å². The lowest BCUT2D eigenvalue weighted by molar-refractivity contribution is -0.137. The van der Waals surface area contributed by atoms with Gasteiger partial charge in [0.25, 0.3) is 0 Å². The first kappa shape index (κ1) is 11.3. The Labute approximate surface area is 92.7 Å². The summed E-state index contributed by atoms with van der Waals surface area (Å²) in [4.78, 5) is 0. The third kappa shape index (κ3) is 2.49. The zero-order chi connectivity index (χ0) is 11.6. The van der Waals surface area contributed by atoms with Crippen LogP contribution in [0, 0.1) is 5.92 Å². The van der Waals surface area contributed by atoms with Gasteiger partial charge in [0.15, 0.2) is 0 Å². The van der Waals surface area contributed by atoms with E-state index in [4.69, 9.17) is 0 Å². The van der Waals surface area contributed by atoms with Crippen LogP contribution in [0.15, 0.2) is 24.3 Å². The molecule has 0 bridgehead atoms. The number of anilines is 1. The second-order valence-electron chi connectivity index (χ2n) is 4.22. The summed E-state index contributed by atoms with van der Waals surface area (Å²) in [6.07, 6.45) is -0.821. The molecule has 0 amide bonds. The summed E-state index contributed by atoms with van der Waals surface area (Å²) in [5.41, 5.74) is -0.378. The largest absolute Gasteiger partial charge is 0.418 e. The lowest BCUT2D eigenvalue weighted by Gasteiger charge is -2.26. The van der Waals surface area contributed by atoms with Gasteiger partial charge in [-0.2, -0.15) is 13.2 Å². The minimum absolute atomic E-state index is 0.196. The van der Waals surface area contributed by atoms with Gasteiger partial charge < -0.3 is 5.32 Å². The first-order chi connectivity index (χ1) is 7.57. The number of rotatable bonds is 3. The second kappa shape index (κ2) is 4.36. The third-order valence-corrected chi connectivity index (χ3v) is 3.04. The summed E-state index contributed by atoms with van der Waals surface area (Å²) in [6, 6.07) is 5.64. The van der Waals surface area contributed by atoms with Crippen LogP contribution >= 0.6 is 0 Å². The molecule has 0 aromatic heterocycles. The van der Waals surface area contributed by atoms with Crippen LogP contribution in [0.2, 0.25) is 0 Å². The number of halogens is 3. The van der Waals surface area contributed by atoms with Gasteiger partial charge in [0, 0.05) is 12.2 Å². The molecule has 0 spiro atoms. The molecule has 1 saturated carbocycles. The second-order valence-corrected chi connectivity index (χ2v) is 4.22. The maximum atomic E-state index is 12.6. The van der Waals surface area contributed by atoms with E-state index in [0.29, 0.717) is 12.5 Å². The van der Waals surface area contributed by atoms with Crippen molar-refractivity contribution in [2.45, 2.75) is 25.4 Å². The van der Waals surface area contributed by atoms with Crippen LogP contribution in [0.3, 0.4) is 0 Å². The summed E-state index contributed by atoms with van der Waals surface area (Å²) < 4.78 is 37.9. The smallest absolute Gasteiger partial charge is 0.384 e. The summed E-state index contributed by atoms with van der Waals surface area (Å²) in [5, 5.41) is 2.90. The summed E-state index contributed by atoms with van der Waals surface area (Å²) in [5.74, 6) is 0.543. The molecule has 1 aromatic rings. The molecule has 1 fully saturated rings. The Morgan fingerprint density at radius 1 is 1.19 bits per heavy atom. The predicted molar refractivity (Wildman–Crippen MR) is 57.3 cm³/mol. The van der Waals surface area contributed by atoms with Crippen LogP contribution in [-0.4, -0.2) is 6.54 Å². The van der Waals surface area contributed by atoms with Crippen molar-refractivity contribution in [3.63, 3.8) is 0 Å². The van der Waals surface area contributed by atoms with Gasteiger partial charge in [0.2, 0.25) is 0 Å². The molecule has 16 heavy (non-hydrogen) atoms. The lowest BCUT2D eigenvalue weighted by atomic mass is 9.85. The Morgan fingerprint density at radius 2 is 1.88 bits per heavy atom. The average molecular weight is 229 g/mol. The Kier molecular flexibility index (Phi) is 3.08. The summed E-state index contributed by atoms with van der Waals surface area (Å²) in [6.45, 7) is 0.646. The Balaban J connectivity index is 2.06. The molecule has 1 N–H and O–H groups in total. The van der Waals surface area contributed by atoms with Crippen molar-refractivity contribution < 1.29 is 13.2 Å². The number of nitrogens with one attached hydrogen (secondary N) is 1. The topological polar surface area (TPSA) is 12.0 Å². The minimum Gasteiger partial charge on any atom is -0.384 e. The number of para-hydroxylation sites is 1. The molecule has 1 nitrogen and oxygen atoms in total. The highest BCUT2D eigenvalue weighted by molar-refractivity contribution is 5.52. The molecule has 0 saturated heterocycles. The van der Waals surface area contributed by atoms with Crippen LogP contribution in [-0.2, 0) is 6.18 Å². The highest BCUT2D eigenvalue weighted by Crippen LogP contribution is 2.35. The minimum atomic E-state index is -4.27. The fourth-order valence-corrected chi connectivity index (χ4v) is 1.84. The quantitative estimate of drug-likeness (QED) is 0.828. The monoisotopic (exact) mass is 229 g/mol. The van der Waals surface area contributed by atoms with Crippen LogP contribution in [0.25, 0.3) is 0 Å². The van der Waals surface area contributed by atoms with E-state index < -0.39 is 11.7 Å². The van der Waals surface area contributed by atoms with E-state index in [0.717, 1.165) is 18.9 Å². The first-order valence-corrected chi connectivity index (χ1v) is 5.47. The Bertz CT molecular complexity index is 356. The van der Waals surface area contributed by atoms with Gasteiger partial charge in [-0.05, 0) is 30.9 Å². The lowest BCUT2D eigenvalue weighted by Crippen LogP contribution is -2.22. The van der Waals surface area contributed by atoms with Crippen molar-refractivity contribution in [3.05, 3.63) is 29.8 Å². The molecule has 1 aliphatic carbocycles. The maximum absolute atomic E-state index is 12.6. The zero-order valence-corrected chi connectivity index (χ0v) is 8.85. The summed E-state index contributed by atoms with van der Waals surface area (Å²) in [7, 11) is 0. The highest BCUT2D eigenvalue weighted by Gasteiger charge is 2.33. The molecule has 0 radical (unpaired) electrons. The van der Waals surface area contributed by atoms with Crippen molar-refractivity contribution in [2.24, 2.45) is 5.92 Å². The van der Waals surface area contributed by atoms with Gasteiger partial charge in [0.05, 0.1) is 5.56 Å². The van der Waals surface area contributed by atoms with Crippen molar-refractivity contribution >= 4 is 5.69 Å². The van der Waals surface area contributed by atoms with Crippen LogP contribution in [0.4, 0.5) is 18.9 Å². The molecule has 1 aromatic carbocycles. The molecule has 0 heterocycles. The third-order valence-electron chi connectivity index (χ3n) is 3.04. The van der Waals surface area contributed by atoms with E-state index in [1.807, 2.05) is 0 Å². The van der Waals surface area contributed by atoms with Gasteiger partial charge in [-0.25, -0.2) is 0 Å². The molecule has 2 rings (SSSR count). The van der Waals surface area contributed by atoms with Crippen LogP contribution in [0.1, 0.15) is 24.8 Å². The van der Waals surface area contributed by atoms with E-state index in [1.54, 1.807) is 6.07 Å². The number of hydrogen-bond acceptors (Lipinski definition) is 1. The molecular formula is C12H14F3N. The van der Waals surface area contributed by atoms with Gasteiger partial charge in [-0.15, -0.1) is 0 Å². The highest BCUT2D eigenvalue weighted by atomic mass is 19.4.